The Labute approximate surface area is 115 Å². The third-order valence-electron chi connectivity index (χ3n) is 3.16. The molecule has 3 nitrogen and oxygen atoms in total. The van der Waals surface area contributed by atoms with Gasteiger partial charge in [0.2, 0.25) is 0 Å². The predicted molar refractivity (Wildman–Crippen MR) is 75.7 cm³/mol. The van der Waals surface area contributed by atoms with Crippen molar-refractivity contribution in [2.45, 2.75) is 25.3 Å². The van der Waals surface area contributed by atoms with Gasteiger partial charge in [0.25, 0.3) is 0 Å². The highest BCUT2D eigenvalue weighted by Gasteiger charge is 2.38. The van der Waals surface area contributed by atoms with Crippen LogP contribution >= 0.6 is 15.9 Å². The van der Waals surface area contributed by atoms with Gasteiger partial charge in [0.1, 0.15) is 16.2 Å². The zero-order valence-corrected chi connectivity index (χ0v) is 11.7. The lowest BCUT2D eigenvalue weighted by molar-refractivity contribution is 0.985. The second kappa shape index (κ2) is 4.69. The minimum atomic E-state index is 0.494. The molecule has 2 atom stereocenters. The molecule has 1 aromatic heterocycles. The first-order valence-corrected chi connectivity index (χ1v) is 6.84. The maximum Gasteiger partial charge on any atom is 0.131 e. The summed E-state index contributed by atoms with van der Waals surface area (Å²) in [5.74, 6) is 2.29. The van der Waals surface area contributed by atoms with E-state index in [2.05, 4.69) is 61.5 Å². The summed E-state index contributed by atoms with van der Waals surface area (Å²) in [4.78, 5) is 8.59. The SMILES string of the molecule is Cc1nc(Br)cc(NC2CC2c2ccccc2)n1. The van der Waals surface area contributed by atoms with Gasteiger partial charge in [0.15, 0.2) is 0 Å². The van der Waals surface area contributed by atoms with Crippen molar-refractivity contribution in [3.8, 4) is 0 Å². The molecule has 0 amide bonds. The summed E-state index contributed by atoms with van der Waals surface area (Å²) < 4.78 is 0.828. The number of rotatable bonds is 3. The smallest absolute Gasteiger partial charge is 0.131 e. The fourth-order valence-electron chi connectivity index (χ4n) is 2.22. The van der Waals surface area contributed by atoms with E-state index in [9.17, 15) is 0 Å². The average molecular weight is 304 g/mol. The number of aryl methyl sites for hydroxylation is 1. The Hall–Kier alpha value is -1.42. The van der Waals surface area contributed by atoms with Crippen molar-refractivity contribution < 1.29 is 0 Å². The maximum absolute atomic E-state index is 4.39. The van der Waals surface area contributed by atoms with E-state index in [0.29, 0.717) is 12.0 Å². The Morgan fingerprint density at radius 1 is 1.22 bits per heavy atom. The summed E-state index contributed by atoms with van der Waals surface area (Å²) in [6.07, 6.45) is 1.17. The van der Waals surface area contributed by atoms with E-state index in [1.807, 2.05) is 13.0 Å². The first-order chi connectivity index (χ1) is 8.72. The third-order valence-corrected chi connectivity index (χ3v) is 3.56. The van der Waals surface area contributed by atoms with Crippen molar-refractivity contribution in [2.75, 3.05) is 5.32 Å². The summed E-state index contributed by atoms with van der Waals surface area (Å²) in [5.41, 5.74) is 1.40. The van der Waals surface area contributed by atoms with Crippen LogP contribution in [0.3, 0.4) is 0 Å². The Morgan fingerprint density at radius 3 is 2.72 bits per heavy atom. The Balaban J connectivity index is 1.69. The topological polar surface area (TPSA) is 37.8 Å². The van der Waals surface area contributed by atoms with Crippen LogP contribution in [0.25, 0.3) is 0 Å². The molecule has 92 valence electrons. The molecule has 0 radical (unpaired) electrons. The molecule has 1 fully saturated rings. The summed E-state index contributed by atoms with van der Waals surface area (Å²) in [6, 6.07) is 13.0. The van der Waals surface area contributed by atoms with Crippen LogP contribution in [0.15, 0.2) is 41.0 Å². The molecular formula is C14H14BrN3. The van der Waals surface area contributed by atoms with Crippen LogP contribution in [0.4, 0.5) is 5.82 Å². The van der Waals surface area contributed by atoms with E-state index in [1.54, 1.807) is 0 Å². The number of nitrogens with one attached hydrogen (secondary N) is 1. The molecule has 4 heteroatoms. The molecule has 1 N–H and O–H groups in total. The quantitative estimate of drug-likeness (QED) is 0.882. The number of aromatic nitrogens is 2. The van der Waals surface area contributed by atoms with Gasteiger partial charge in [-0.3, -0.25) is 0 Å². The fraction of sp³-hybridized carbons (Fsp3) is 0.286. The van der Waals surface area contributed by atoms with Gasteiger partial charge in [-0.05, 0) is 34.8 Å². The standard InChI is InChI=1S/C14H14BrN3/c1-9-16-13(15)8-14(17-9)18-12-7-11(12)10-5-3-2-4-6-10/h2-6,8,11-12H,7H2,1H3,(H,16,17,18). The zero-order chi connectivity index (χ0) is 12.5. The monoisotopic (exact) mass is 303 g/mol. The molecule has 3 rings (SSSR count). The molecule has 1 saturated carbocycles. The van der Waals surface area contributed by atoms with Gasteiger partial charge >= 0.3 is 0 Å². The third kappa shape index (κ3) is 2.53. The summed E-state index contributed by atoms with van der Waals surface area (Å²) in [7, 11) is 0. The lowest BCUT2D eigenvalue weighted by atomic mass is 10.1. The highest BCUT2D eigenvalue weighted by atomic mass is 79.9. The van der Waals surface area contributed by atoms with Gasteiger partial charge in [0, 0.05) is 18.0 Å². The first kappa shape index (κ1) is 11.7. The molecule has 1 aliphatic rings. The molecule has 0 saturated heterocycles. The maximum atomic E-state index is 4.39. The van der Waals surface area contributed by atoms with E-state index in [4.69, 9.17) is 0 Å². The minimum Gasteiger partial charge on any atom is -0.367 e. The van der Waals surface area contributed by atoms with E-state index >= 15 is 0 Å². The first-order valence-electron chi connectivity index (χ1n) is 6.05. The molecule has 0 bridgehead atoms. The van der Waals surface area contributed by atoms with Crippen LogP contribution < -0.4 is 5.32 Å². The van der Waals surface area contributed by atoms with Gasteiger partial charge < -0.3 is 5.32 Å². The van der Waals surface area contributed by atoms with Crippen LogP contribution in [-0.2, 0) is 0 Å². The second-order valence-electron chi connectivity index (χ2n) is 4.63. The molecule has 1 aliphatic carbocycles. The van der Waals surface area contributed by atoms with E-state index in [0.717, 1.165) is 16.2 Å². The van der Waals surface area contributed by atoms with Crippen LogP contribution in [-0.4, -0.2) is 16.0 Å². The van der Waals surface area contributed by atoms with Gasteiger partial charge in [-0.15, -0.1) is 0 Å². The van der Waals surface area contributed by atoms with Gasteiger partial charge in [-0.25, -0.2) is 9.97 Å². The molecule has 18 heavy (non-hydrogen) atoms. The van der Waals surface area contributed by atoms with Gasteiger partial charge in [-0.2, -0.15) is 0 Å². The minimum absolute atomic E-state index is 0.494. The van der Waals surface area contributed by atoms with Crippen LogP contribution in [0.2, 0.25) is 0 Å². The van der Waals surface area contributed by atoms with Crippen molar-refractivity contribution in [3.63, 3.8) is 0 Å². The molecule has 0 aliphatic heterocycles. The van der Waals surface area contributed by atoms with Crippen molar-refractivity contribution in [2.24, 2.45) is 0 Å². The molecule has 0 spiro atoms. The van der Waals surface area contributed by atoms with Crippen molar-refractivity contribution >= 4 is 21.7 Å². The predicted octanol–water partition coefficient (Wildman–Crippen LogP) is 3.52. The van der Waals surface area contributed by atoms with Crippen LogP contribution in [0.5, 0.6) is 0 Å². The summed E-state index contributed by atoms with van der Waals surface area (Å²) in [6.45, 7) is 1.90. The molecule has 1 heterocycles. The second-order valence-corrected chi connectivity index (χ2v) is 5.44. The molecule has 1 aromatic carbocycles. The fourth-order valence-corrected chi connectivity index (χ4v) is 2.69. The zero-order valence-electron chi connectivity index (χ0n) is 10.1. The number of benzene rings is 1. The lowest BCUT2D eigenvalue weighted by Gasteiger charge is -2.06. The normalized spacial score (nSPS) is 21.7. The largest absolute Gasteiger partial charge is 0.367 e. The van der Waals surface area contributed by atoms with Crippen molar-refractivity contribution in [1.29, 1.82) is 0 Å². The highest BCUT2D eigenvalue weighted by Crippen LogP contribution is 2.42. The number of anilines is 1. The average Bonchev–Trinajstić information content (AvgIpc) is 3.08. The van der Waals surface area contributed by atoms with Crippen molar-refractivity contribution in [1.82, 2.24) is 9.97 Å². The van der Waals surface area contributed by atoms with Crippen LogP contribution in [0.1, 0.15) is 23.7 Å². The van der Waals surface area contributed by atoms with E-state index < -0.39 is 0 Å². The summed E-state index contributed by atoms with van der Waals surface area (Å²) >= 11 is 3.39. The molecular weight excluding hydrogens is 290 g/mol. The Kier molecular flexibility index (Phi) is 3.04. The Bertz CT molecular complexity index is 536. The van der Waals surface area contributed by atoms with Crippen LogP contribution in [0, 0.1) is 6.92 Å². The number of halogens is 1. The number of nitrogens with zero attached hydrogens (tertiary/aromatic N) is 2. The summed E-state index contributed by atoms with van der Waals surface area (Å²) in [5, 5.41) is 3.46. The Morgan fingerprint density at radius 2 is 2.00 bits per heavy atom. The molecule has 2 unspecified atom stereocenters. The number of hydrogen-bond acceptors (Lipinski definition) is 3. The lowest BCUT2D eigenvalue weighted by Crippen LogP contribution is -2.07. The number of hydrogen-bond donors (Lipinski definition) is 1. The highest BCUT2D eigenvalue weighted by molar-refractivity contribution is 9.10. The van der Waals surface area contributed by atoms with E-state index in [-0.39, 0.29) is 0 Å². The van der Waals surface area contributed by atoms with E-state index in [1.165, 1.54) is 12.0 Å². The van der Waals surface area contributed by atoms with Gasteiger partial charge in [-0.1, -0.05) is 30.3 Å². The van der Waals surface area contributed by atoms with Crippen molar-refractivity contribution in [3.05, 3.63) is 52.4 Å². The molecule has 2 aromatic rings. The van der Waals surface area contributed by atoms with Gasteiger partial charge in [0.05, 0.1) is 0 Å².